The summed E-state index contributed by atoms with van der Waals surface area (Å²) in [6.07, 6.45) is 1.95. The molecule has 0 heterocycles. The number of nitrogens with one attached hydrogen (secondary N) is 1. The van der Waals surface area contributed by atoms with Gasteiger partial charge in [-0.1, -0.05) is 18.5 Å². The molecule has 20 heavy (non-hydrogen) atoms. The van der Waals surface area contributed by atoms with Crippen LogP contribution in [0.1, 0.15) is 19.8 Å². The molecule has 7 heteroatoms. The largest absolute Gasteiger partial charge is 0.352 e. The van der Waals surface area contributed by atoms with E-state index in [0.29, 0.717) is 5.02 Å². The van der Waals surface area contributed by atoms with Crippen LogP contribution in [0.25, 0.3) is 0 Å². The number of carbonyl (C=O) groups excluding carboxylic acids is 1. The maximum atomic E-state index is 12.4. The first-order valence-corrected chi connectivity index (χ1v) is 8.30. The number of rotatable bonds is 6. The Bertz CT molecular complexity index is 582. The predicted octanol–water partition coefficient (Wildman–Crippen LogP) is 1.63. The third-order valence-corrected chi connectivity index (χ3v) is 5.25. The zero-order valence-electron chi connectivity index (χ0n) is 11.2. The Balaban J connectivity index is 2.11. The summed E-state index contributed by atoms with van der Waals surface area (Å²) in [6, 6.07) is 6.15. The average Bonchev–Trinajstić information content (AvgIpc) is 3.20. The molecule has 0 bridgehead atoms. The fraction of sp³-hybridized carbons (Fsp3) is 0.462. The second-order valence-electron chi connectivity index (χ2n) is 4.73. The van der Waals surface area contributed by atoms with Crippen molar-refractivity contribution in [2.45, 2.75) is 30.7 Å². The van der Waals surface area contributed by atoms with E-state index in [-0.39, 0.29) is 29.9 Å². The molecule has 0 aliphatic heterocycles. The van der Waals surface area contributed by atoms with Crippen LogP contribution in [0.2, 0.25) is 5.02 Å². The lowest BCUT2D eigenvalue weighted by Crippen LogP contribution is -2.41. The van der Waals surface area contributed by atoms with Crippen LogP contribution in [0.3, 0.4) is 0 Å². The molecule has 1 aliphatic rings. The Morgan fingerprint density at radius 1 is 1.35 bits per heavy atom. The van der Waals surface area contributed by atoms with Crippen molar-refractivity contribution in [3.63, 3.8) is 0 Å². The van der Waals surface area contributed by atoms with Gasteiger partial charge in [0.15, 0.2) is 0 Å². The maximum Gasteiger partial charge on any atom is 0.243 e. The highest BCUT2D eigenvalue weighted by molar-refractivity contribution is 7.89. The second kappa shape index (κ2) is 6.11. The van der Waals surface area contributed by atoms with E-state index in [4.69, 9.17) is 11.6 Å². The molecule has 1 aromatic rings. The molecule has 0 spiro atoms. The summed E-state index contributed by atoms with van der Waals surface area (Å²) in [4.78, 5) is 11.9. The number of hydrogen-bond donors (Lipinski definition) is 1. The van der Waals surface area contributed by atoms with Gasteiger partial charge in [0.05, 0.1) is 11.4 Å². The minimum absolute atomic E-state index is 0.142. The highest BCUT2D eigenvalue weighted by Gasteiger charge is 2.28. The standard InChI is InChI=1S/C13H17ClN2O3S/c1-2-16(9-13(17)15-11-5-6-11)20(18,19)12-7-3-10(14)4-8-12/h3-4,7-8,11H,2,5-6,9H2,1H3,(H,15,17). The van der Waals surface area contributed by atoms with E-state index < -0.39 is 10.0 Å². The summed E-state index contributed by atoms with van der Waals surface area (Å²) in [6.45, 7) is 1.79. The van der Waals surface area contributed by atoms with Crippen LogP contribution in [-0.4, -0.2) is 37.8 Å². The smallest absolute Gasteiger partial charge is 0.243 e. The topological polar surface area (TPSA) is 66.5 Å². The molecular formula is C13H17ClN2O3S. The molecule has 5 nitrogen and oxygen atoms in total. The van der Waals surface area contributed by atoms with Gasteiger partial charge in [-0.3, -0.25) is 4.79 Å². The summed E-state index contributed by atoms with van der Waals surface area (Å²) in [5.74, 6) is -0.258. The molecule has 1 saturated carbocycles. The van der Waals surface area contributed by atoms with Gasteiger partial charge in [0.1, 0.15) is 0 Å². The van der Waals surface area contributed by atoms with Gasteiger partial charge in [-0.15, -0.1) is 0 Å². The van der Waals surface area contributed by atoms with Crippen LogP contribution in [0, 0.1) is 0 Å². The van der Waals surface area contributed by atoms with Gasteiger partial charge in [-0.05, 0) is 37.1 Å². The van der Waals surface area contributed by atoms with Gasteiger partial charge in [-0.2, -0.15) is 4.31 Å². The third kappa shape index (κ3) is 3.71. The summed E-state index contributed by atoms with van der Waals surface area (Å²) < 4.78 is 26.0. The van der Waals surface area contributed by atoms with E-state index in [0.717, 1.165) is 17.1 Å². The molecule has 1 amide bonds. The van der Waals surface area contributed by atoms with Crippen LogP contribution >= 0.6 is 11.6 Å². The van der Waals surface area contributed by atoms with Crippen molar-refractivity contribution in [2.24, 2.45) is 0 Å². The number of nitrogens with zero attached hydrogens (tertiary/aromatic N) is 1. The van der Waals surface area contributed by atoms with Crippen LogP contribution in [0.5, 0.6) is 0 Å². The monoisotopic (exact) mass is 316 g/mol. The second-order valence-corrected chi connectivity index (χ2v) is 7.10. The lowest BCUT2D eigenvalue weighted by Gasteiger charge is -2.20. The van der Waals surface area contributed by atoms with Gasteiger partial charge in [0.25, 0.3) is 0 Å². The Kier molecular flexibility index (Phi) is 4.67. The Morgan fingerprint density at radius 2 is 1.95 bits per heavy atom. The summed E-state index contributed by atoms with van der Waals surface area (Å²) in [5.41, 5.74) is 0. The zero-order chi connectivity index (χ0) is 14.8. The minimum Gasteiger partial charge on any atom is -0.352 e. The van der Waals surface area contributed by atoms with E-state index >= 15 is 0 Å². The average molecular weight is 317 g/mol. The molecule has 0 saturated heterocycles. The van der Waals surface area contributed by atoms with Crippen molar-refractivity contribution in [3.05, 3.63) is 29.3 Å². The third-order valence-electron chi connectivity index (χ3n) is 3.07. The highest BCUT2D eigenvalue weighted by Crippen LogP contribution is 2.20. The maximum absolute atomic E-state index is 12.4. The molecule has 1 aromatic carbocycles. The summed E-state index contributed by atoms with van der Waals surface area (Å²) >= 11 is 5.75. The number of benzene rings is 1. The molecule has 1 N–H and O–H groups in total. The Labute approximate surface area is 124 Å². The first kappa shape index (κ1) is 15.3. The van der Waals surface area contributed by atoms with E-state index in [1.54, 1.807) is 6.92 Å². The van der Waals surface area contributed by atoms with E-state index in [1.807, 2.05) is 0 Å². The molecule has 2 rings (SSSR count). The van der Waals surface area contributed by atoms with Gasteiger partial charge >= 0.3 is 0 Å². The summed E-state index contributed by atoms with van der Waals surface area (Å²) in [7, 11) is -3.66. The van der Waals surface area contributed by atoms with Crippen molar-refractivity contribution < 1.29 is 13.2 Å². The molecule has 110 valence electrons. The van der Waals surface area contributed by atoms with Crippen molar-refractivity contribution in [1.29, 1.82) is 0 Å². The van der Waals surface area contributed by atoms with Gasteiger partial charge in [-0.25, -0.2) is 8.42 Å². The van der Waals surface area contributed by atoms with Crippen LogP contribution in [0.4, 0.5) is 0 Å². The quantitative estimate of drug-likeness (QED) is 0.867. The van der Waals surface area contributed by atoms with E-state index in [2.05, 4.69) is 5.32 Å². The minimum atomic E-state index is -3.66. The molecular weight excluding hydrogens is 300 g/mol. The Hall–Kier alpha value is -1.11. The number of sulfonamides is 1. The fourth-order valence-electron chi connectivity index (χ4n) is 1.78. The van der Waals surface area contributed by atoms with Gasteiger partial charge in [0, 0.05) is 17.6 Å². The van der Waals surface area contributed by atoms with Crippen molar-refractivity contribution in [1.82, 2.24) is 9.62 Å². The van der Waals surface area contributed by atoms with Crippen molar-refractivity contribution in [3.8, 4) is 0 Å². The van der Waals surface area contributed by atoms with Crippen molar-refractivity contribution in [2.75, 3.05) is 13.1 Å². The van der Waals surface area contributed by atoms with E-state index in [1.165, 1.54) is 24.3 Å². The highest BCUT2D eigenvalue weighted by atomic mass is 35.5. The van der Waals surface area contributed by atoms with Crippen LogP contribution in [0.15, 0.2) is 29.2 Å². The molecule has 1 fully saturated rings. The first-order chi connectivity index (χ1) is 9.43. The Morgan fingerprint density at radius 3 is 2.45 bits per heavy atom. The fourth-order valence-corrected chi connectivity index (χ4v) is 3.31. The number of amides is 1. The molecule has 0 aromatic heterocycles. The normalized spacial score (nSPS) is 15.3. The number of likely N-dealkylation sites (N-methyl/N-ethyl adjacent to an activating group) is 1. The first-order valence-electron chi connectivity index (χ1n) is 6.48. The summed E-state index contributed by atoms with van der Waals surface area (Å²) in [5, 5.41) is 3.26. The number of hydrogen-bond acceptors (Lipinski definition) is 3. The van der Waals surface area contributed by atoms with Gasteiger partial charge in [0.2, 0.25) is 15.9 Å². The molecule has 0 atom stereocenters. The van der Waals surface area contributed by atoms with E-state index in [9.17, 15) is 13.2 Å². The van der Waals surface area contributed by atoms with Crippen LogP contribution in [-0.2, 0) is 14.8 Å². The predicted molar refractivity (Wildman–Crippen MR) is 77.0 cm³/mol. The van der Waals surface area contributed by atoms with Gasteiger partial charge < -0.3 is 5.32 Å². The lowest BCUT2D eigenvalue weighted by atomic mass is 10.4. The SMILES string of the molecule is CCN(CC(=O)NC1CC1)S(=O)(=O)c1ccc(Cl)cc1. The number of carbonyl (C=O) groups is 1. The van der Waals surface area contributed by atoms with Crippen LogP contribution < -0.4 is 5.32 Å². The van der Waals surface area contributed by atoms with Crippen molar-refractivity contribution >= 4 is 27.5 Å². The lowest BCUT2D eigenvalue weighted by molar-refractivity contribution is -0.121. The zero-order valence-corrected chi connectivity index (χ0v) is 12.7. The molecule has 0 unspecified atom stereocenters. The molecule has 0 radical (unpaired) electrons. The number of halogens is 1. The molecule has 1 aliphatic carbocycles.